The second kappa shape index (κ2) is 9.92. The van der Waals surface area contributed by atoms with Gasteiger partial charge < -0.3 is 15.1 Å². The molecule has 2 heterocycles. The minimum Gasteiger partial charge on any atom is -0.407 e. The van der Waals surface area contributed by atoms with Gasteiger partial charge in [0.25, 0.3) is 0 Å². The summed E-state index contributed by atoms with van der Waals surface area (Å²) in [7, 11) is -2.00. The lowest BCUT2D eigenvalue weighted by atomic mass is 10.0. The molecule has 2 N–H and O–H groups in total. The highest BCUT2D eigenvalue weighted by atomic mass is 28.4. The molecule has 11 heteroatoms. The van der Waals surface area contributed by atoms with E-state index in [1.54, 1.807) is 0 Å². The summed E-state index contributed by atoms with van der Waals surface area (Å²) in [5.41, 5.74) is 0.722. The van der Waals surface area contributed by atoms with Gasteiger partial charge in [0.2, 0.25) is 11.9 Å². The number of aromatic nitrogens is 4. The monoisotopic (exact) mass is 544 g/mol. The molecule has 0 saturated heterocycles. The fraction of sp³-hybridized carbons (Fsp3) is 0.481. The lowest BCUT2D eigenvalue weighted by Crippen LogP contribution is -2.44. The highest BCUT2D eigenvalue weighted by Gasteiger charge is 2.52. The molecule has 204 valence electrons. The highest BCUT2D eigenvalue weighted by Crippen LogP contribution is 2.54. The van der Waals surface area contributed by atoms with Crippen molar-refractivity contribution in [1.82, 2.24) is 19.9 Å². The number of nitrogens with zero attached hydrogens (tertiary/aromatic N) is 4. The molecule has 1 aromatic carbocycles. The number of halogens is 3. The van der Waals surface area contributed by atoms with Crippen molar-refractivity contribution in [1.29, 1.82) is 0 Å². The van der Waals surface area contributed by atoms with E-state index < -0.39 is 20.2 Å². The molecule has 0 atom stereocenters. The quantitative estimate of drug-likeness (QED) is 0.284. The van der Waals surface area contributed by atoms with Crippen molar-refractivity contribution in [3.63, 3.8) is 0 Å². The number of alkyl halides is 3. The molecular formula is C27H35F3N6OSi. The Balaban J connectivity index is 1.69. The van der Waals surface area contributed by atoms with Crippen LogP contribution in [0.15, 0.2) is 42.6 Å². The lowest BCUT2D eigenvalue weighted by Gasteiger charge is -2.40. The van der Waals surface area contributed by atoms with Crippen LogP contribution >= 0.6 is 0 Å². The van der Waals surface area contributed by atoms with Crippen molar-refractivity contribution in [2.24, 2.45) is 0 Å². The maximum atomic E-state index is 13.2. The first-order valence-corrected chi connectivity index (χ1v) is 15.6. The third kappa shape index (κ3) is 6.32. The summed E-state index contributed by atoms with van der Waals surface area (Å²) in [5.74, 6) is 0.851. The highest BCUT2D eigenvalue weighted by molar-refractivity contribution is 6.74. The molecule has 0 aliphatic heterocycles. The van der Waals surface area contributed by atoms with Crippen LogP contribution in [0.25, 0.3) is 11.4 Å². The Morgan fingerprint density at radius 2 is 1.66 bits per heavy atom. The van der Waals surface area contributed by atoms with Crippen LogP contribution in [0.5, 0.6) is 0 Å². The molecule has 0 bridgehead atoms. The number of pyridine rings is 1. The normalized spacial score (nSPS) is 15.4. The van der Waals surface area contributed by atoms with E-state index in [0.29, 0.717) is 11.8 Å². The Hall–Kier alpha value is -3.05. The molecule has 3 aromatic rings. The molecule has 2 aromatic heterocycles. The van der Waals surface area contributed by atoms with E-state index in [2.05, 4.69) is 70.5 Å². The Morgan fingerprint density at radius 1 is 0.974 bits per heavy atom. The Kier molecular flexibility index (Phi) is 7.30. The average Bonchev–Trinajstić information content (AvgIpc) is 3.57. The van der Waals surface area contributed by atoms with E-state index in [0.717, 1.165) is 36.2 Å². The summed E-state index contributed by atoms with van der Waals surface area (Å²) in [6, 6.07) is 10.4. The number of benzene rings is 1. The van der Waals surface area contributed by atoms with Crippen molar-refractivity contribution in [2.75, 3.05) is 10.6 Å². The third-order valence-corrected chi connectivity index (χ3v) is 11.5. The summed E-state index contributed by atoms with van der Waals surface area (Å²) in [6.45, 7) is 15.1. The van der Waals surface area contributed by atoms with Crippen LogP contribution < -0.4 is 10.6 Å². The van der Waals surface area contributed by atoms with E-state index in [9.17, 15) is 13.2 Å². The first-order valence-electron chi connectivity index (χ1n) is 12.7. The van der Waals surface area contributed by atoms with E-state index in [-0.39, 0.29) is 28.3 Å². The van der Waals surface area contributed by atoms with Crippen molar-refractivity contribution in [3.8, 4) is 11.4 Å². The predicted molar refractivity (Wildman–Crippen MR) is 146 cm³/mol. The molecule has 7 nitrogen and oxygen atoms in total. The average molecular weight is 545 g/mol. The second-order valence-corrected chi connectivity index (χ2v) is 16.3. The number of rotatable bonds is 8. The summed E-state index contributed by atoms with van der Waals surface area (Å²) in [6.07, 6.45) is -1.55. The van der Waals surface area contributed by atoms with Gasteiger partial charge in [0.15, 0.2) is 14.1 Å². The molecule has 1 saturated carbocycles. The molecule has 38 heavy (non-hydrogen) atoms. The number of hydrogen-bond donors (Lipinski definition) is 2. The molecule has 0 amide bonds. The molecule has 1 aliphatic carbocycles. The number of nitrogens with one attached hydrogen (secondary N) is 2. The number of anilines is 3. The molecule has 1 aliphatic rings. The molecule has 0 radical (unpaired) electrons. The zero-order valence-corrected chi connectivity index (χ0v) is 23.9. The largest absolute Gasteiger partial charge is 0.433 e. The van der Waals surface area contributed by atoms with Gasteiger partial charge in [0.05, 0.1) is 5.60 Å². The summed E-state index contributed by atoms with van der Waals surface area (Å²) < 4.78 is 46.3. The Labute approximate surface area is 222 Å². The van der Waals surface area contributed by atoms with Crippen LogP contribution in [0.1, 0.15) is 58.7 Å². The van der Waals surface area contributed by atoms with Gasteiger partial charge in [-0.2, -0.15) is 28.1 Å². The fourth-order valence-corrected chi connectivity index (χ4v) is 5.43. The standard InChI is InChI=1S/C27H35F3N6OSi/c1-17(2)32-23-34-22(35-24(36-23)33-20-11-14-31-21(16-20)27(28,29)30)18-9-8-10-19(15-18)26(12-13-26)37-38(6,7)25(3,4)5/h8-11,14-17H,12-13H2,1-7H3,(H2,31,32,33,34,35,36). The second-order valence-electron chi connectivity index (χ2n) is 11.6. The van der Waals surface area contributed by atoms with Crippen LogP contribution in [0.4, 0.5) is 30.8 Å². The van der Waals surface area contributed by atoms with Crippen LogP contribution in [-0.4, -0.2) is 34.3 Å². The van der Waals surface area contributed by atoms with E-state index in [1.165, 1.54) is 6.07 Å². The third-order valence-electron chi connectivity index (χ3n) is 6.97. The summed E-state index contributed by atoms with van der Waals surface area (Å²) in [4.78, 5) is 16.9. The predicted octanol–water partition coefficient (Wildman–Crippen LogP) is 7.53. The van der Waals surface area contributed by atoms with Gasteiger partial charge in [-0.1, -0.05) is 39.0 Å². The summed E-state index contributed by atoms with van der Waals surface area (Å²) in [5, 5.41) is 6.14. The molecular weight excluding hydrogens is 509 g/mol. The maximum Gasteiger partial charge on any atom is 0.433 e. The van der Waals surface area contributed by atoms with Gasteiger partial charge in [-0.05, 0) is 68.6 Å². The van der Waals surface area contributed by atoms with Crippen molar-refractivity contribution in [2.45, 2.75) is 83.4 Å². The fourth-order valence-electron chi connectivity index (χ4n) is 3.82. The minimum atomic E-state index is -4.56. The van der Waals surface area contributed by atoms with Gasteiger partial charge in [0, 0.05) is 23.5 Å². The van der Waals surface area contributed by atoms with Gasteiger partial charge in [-0.3, -0.25) is 4.98 Å². The summed E-state index contributed by atoms with van der Waals surface area (Å²) >= 11 is 0. The SMILES string of the molecule is CC(C)Nc1nc(Nc2ccnc(C(F)(F)F)c2)nc(-c2cccc(C3(O[Si](C)(C)C(C)(C)C)CC3)c2)n1. The maximum absolute atomic E-state index is 13.2. The molecule has 4 rings (SSSR count). The zero-order chi connectivity index (χ0) is 27.9. The minimum absolute atomic E-state index is 0.0370. The smallest absolute Gasteiger partial charge is 0.407 e. The van der Waals surface area contributed by atoms with E-state index >= 15 is 0 Å². The van der Waals surface area contributed by atoms with Crippen molar-refractivity contribution in [3.05, 3.63) is 53.9 Å². The van der Waals surface area contributed by atoms with Gasteiger partial charge in [-0.15, -0.1) is 0 Å². The lowest BCUT2D eigenvalue weighted by molar-refractivity contribution is -0.141. The first-order chi connectivity index (χ1) is 17.6. The first kappa shape index (κ1) is 28.0. The van der Waals surface area contributed by atoms with Crippen molar-refractivity contribution < 1.29 is 17.6 Å². The zero-order valence-electron chi connectivity index (χ0n) is 22.9. The van der Waals surface area contributed by atoms with Crippen LogP contribution in [0.2, 0.25) is 18.1 Å². The van der Waals surface area contributed by atoms with Crippen LogP contribution in [-0.2, 0) is 16.2 Å². The van der Waals surface area contributed by atoms with Crippen LogP contribution in [0, 0.1) is 0 Å². The topological polar surface area (TPSA) is 84.9 Å². The number of hydrogen-bond acceptors (Lipinski definition) is 7. The van der Waals surface area contributed by atoms with Crippen LogP contribution in [0.3, 0.4) is 0 Å². The van der Waals surface area contributed by atoms with Crippen molar-refractivity contribution >= 4 is 25.9 Å². The molecule has 1 fully saturated rings. The molecule has 0 spiro atoms. The van der Waals surface area contributed by atoms with Gasteiger partial charge >= 0.3 is 6.18 Å². The molecule has 0 unspecified atom stereocenters. The van der Waals surface area contributed by atoms with E-state index in [1.807, 2.05) is 32.0 Å². The van der Waals surface area contributed by atoms with Gasteiger partial charge in [-0.25, -0.2) is 0 Å². The Bertz CT molecular complexity index is 1300. The van der Waals surface area contributed by atoms with Gasteiger partial charge in [0.1, 0.15) is 5.69 Å². The van der Waals surface area contributed by atoms with E-state index in [4.69, 9.17) is 4.43 Å². The Morgan fingerprint density at radius 3 is 2.26 bits per heavy atom.